The molecule has 7 nitrogen and oxygen atoms in total. The van der Waals surface area contributed by atoms with E-state index < -0.39 is 12.1 Å². The second kappa shape index (κ2) is 8.07. The van der Waals surface area contributed by atoms with Crippen molar-refractivity contribution in [1.29, 1.82) is 0 Å². The Morgan fingerprint density at radius 3 is 2.47 bits per heavy atom. The van der Waals surface area contributed by atoms with E-state index in [-0.39, 0.29) is 11.5 Å². The summed E-state index contributed by atoms with van der Waals surface area (Å²) in [5, 5.41) is 33.5. The van der Waals surface area contributed by atoms with Crippen molar-refractivity contribution in [3.63, 3.8) is 0 Å². The van der Waals surface area contributed by atoms with Crippen LogP contribution in [0.2, 0.25) is 0 Å². The number of alkyl halides is 3. The number of nitrogens with zero attached hydrogens (tertiary/aromatic N) is 2. The summed E-state index contributed by atoms with van der Waals surface area (Å²) in [6, 6.07) is 1.94. The minimum Gasteiger partial charge on any atom is -0.506 e. The second-order valence-electron chi connectivity index (χ2n) is 7.12. The Bertz CT molecular complexity index is 1320. The molecule has 0 fully saturated rings. The number of carbonyl (C=O) groups is 1. The normalized spacial score (nSPS) is 15.3. The van der Waals surface area contributed by atoms with Crippen LogP contribution in [0.4, 0.5) is 24.5 Å². The molecule has 3 aliphatic heterocycles. The third-order valence-corrected chi connectivity index (χ3v) is 6.58. The molecule has 12 heteroatoms. The van der Waals surface area contributed by atoms with Gasteiger partial charge in [0.05, 0.1) is 20.0 Å². The number of hydrogen-bond donors (Lipinski definition) is 4. The number of phenols is 2. The van der Waals surface area contributed by atoms with Crippen LogP contribution in [-0.2, 0) is 11.2 Å². The van der Waals surface area contributed by atoms with Crippen molar-refractivity contribution < 1.29 is 33.3 Å². The minimum absolute atomic E-state index is 0.148. The predicted molar refractivity (Wildman–Crippen MR) is 118 cm³/mol. The molecule has 3 aliphatic rings. The van der Waals surface area contributed by atoms with Crippen LogP contribution in [0.1, 0.15) is 12.0 Å². The third-order valence-electron chi connectivity index (χ3n) is 5.21. The van der Waals surface area contributed by atoms with Crippen LogP contribution in [0.5, 0.6) is 11.5 Å². The average Bonchev–Trinajstić information content (AvgIpc) is 3.07. The van der Waals surface area contributed by atoms with Crippen LogP contribution in [0.3, 0.4) is 0 Å². The van der Waals surface area contributed by atoms with Crippen molar-refractivity contribution in [3.8, 4) is 22.6 Å². The van der Waals surface area contributed by atoms with E-state index in [1.165, 1.54) is 0 Å². The Morgan fingerprint density at radius 1 is 1.12 bits per heavy atom. The zero-order valence-corrected chi connectivity index (χ0v) is 19.2. The van der Waals surface area contributed by atoms with Crippen LogP contribution in [-0.4, -0.2) is 46.8 Å². The molecule has 5 rings (SSSR count). The maximum atomic E-state index is 10.9. The Balaban J connectivity index is 0.000000307. The Hall–Kier alpha value is -2.60. The lowest BCUT2D eigenvalue weighted by Gasteiger charge is -2.18. The Morgan fingerprint density at radius 2 is 1.81 bits per heavy atom. The topological polar surface area (TPSA) is 115 Å². The predicted octanol–water partition coefficient (Wildman–Crippen LogP) is 3.78. The fourth-order valence-corrected chi connectivity index (χ4v) is 5.25. The van der Waals surface area contributed by atoms with Crippen molar-refractivity contribution in [1.82, 2.24) is 0 Å². The summed E-state index contributed by atoms with van der Waals surface area (Å²) in [7, 11) is 0. The number of phenolic OH excluding ortho intramolecular Hbond substituents is 2. The van der Waals surface area contributed by atoms with E-state index in [1.54, 1.807) is 0 Å². The molecule has 0 bridgehead atoms. The van der Waals surface area contributed by atoms with Crippen LogP contribution in [0, 0.1) is 0 Å². The molecule has 0 atom stereocenters. The number of aromatic hydroxyl groups is 2. The monoisotopic (exact) mass is 575 g/mol. The first kappa shape index (κ1) is 22.6. The highest BCUT2D eigenvalue weighted by atomic mass is 79.9. The van der Waals surface area contributed by atoms with Gasteiger partial charge in [-0.15, -0.1) is 0 Å². The number of aliphatic imine (C=N–C) groups is 1. The van der Waals surface area contributed by atoms with E-state index in [0.717, 1.165) is 45.7 Å². The standard InChI is InChI=1S/C18H13Br2N3O2.C2HF3O2/c19-9-5-7-1-3-22-16-12(10(7)13(20)17(9)24)14-11-8(2-4-21-14)6-23-15(11)18(16)25;3-2(4,5)1(6)7/h5-6,22,24-25H,1-4H2;(H,6,7). The van der Waals surface area contributed by atoms with Crippen LogP contribution >= 0.6 is 31.9 Å². The number of carboxylic acids is 1. The number of anilines is 1. The lowest BCUT2D eigenvalue weighted by Crippen LogP contribution is -2.33. The number of aliphatic carboxylic acids is 1. The number of carboxylic acid groups (broad SMARTS) is 1. The smallest absolute Gasteiger partial charge is 0.490 e. The maximum Gasteiger partial charge on any atom is 0.490 e. The summed E-state index contributed by atoms with van der Waals surface area (Å²) in [5.41, 5.74) is 5.15. The molecule has 0 saturated carbocycles. The maximum absolute atomic E-state index is 10.9. The molecule has 3 heterocycles. The van der Waals surface area contributed by atoms with Gasteiger partial charge in [0.15, 0.2) is 5.75 Å². The molecule has 0 unspecified atom stereocenters. The first-order valence-corrected chi connectivity index (χ1v) is 10.9. The van der Waals surface area contributed by atoms with E-state index in [4.69, 9.17) is 14.9 Å². The summed E-state index contributed by atoms with van der Waals surface area (Å²) in [4.78, 5) is 18.1. The van der Waals surface area contributed by atoms with E-state index in [1.807, 2.05) is 12.3 Å². The highest BCUT2D eigenvalue weighted by Gasteiger charge is 2.38. The van der Waals surface area contributed by atoms with Crippen molar-refractivity contribution in [2.75, 3.05) is 18.4 Å². The molecule has 32 heavy (non-hydrogen) atoms. The molecule has 168 valence electrons. The number of hydrogen-bond acceptors (Lipinski definition) is 6. The molecule has 0 radical (unpaired) electrons. The molecule has 0 spiro atoms. The van der Waals surface area contributed by atoms with Gasteiger partial charge < -0.3 is 20.6 Å². The van der Waals surface area contributed by atoms with Crippen molar-refractivity contribution in [3.05, 3.63) is 31.2 Å². The minimum atomic E-state index is -5.08. The molecular formula is C20H14Br2F3N3O4. The Kier molecular flexibility index (Phi) is 5.70. The molecule has 0 amide bonds. The SMILES string of the molecule is O=C(O)C(F)(F)F.Oc1c(Br)cc2c(c1Br)-c1c(c(O)c3c4c1=NCCC=4C=N3)NCC2. The molecule has 0 saturated heterocycles. The van der Waals surface area contributed by atoms with Gasteiger partial charge in [-0.1, -0.05) is 0 Å². The van der Waals surface area contributed by atoms with E-state index in [9.17, 15) is 23.4 Å². The number of rotatable bonds is 0. The molecule has 2 aromatic carbocycles. The fourth-order valence-electron chi connectivity index (χ4n) is 3.85. The number of nitrogens with one attached hydrogen (secondary N) is 1. The second-order valence-corrected chi connectivity index (χ2v) is 8.77. The van der Waals surface area contributed by atoms with Gasteiger partial charge in [0.1, 0.15) is 11.4 Å². The first-order valence-electron chi connectivity index (χ1n) is 9.27. The molecule has 0 aromatic heterocycles. The van der Waals surface area contributed by atoms with Gasteiger partial charge in [-0.05, 0) is 61.9 Å². The van der Waals surface area contributed by atoms with Gasteiger partial charge >= 0.3 is 12.1 Å². The number of fused-ring (bicyclic) bond motifs is 4. The van der Waals surface area contributed by atoms with E-state index in [0.29, 0.717) is 33.4 Å². The molecule has 2 aromatic rings. The number of halogens is 5. The average molecular weight is 577 g/mol. The zero-order valence-electron chi connectivity index (χ0n) is 16.0. The first-order chi connectivity index (χ1) is 15.0. The van der Waals surface area contributed by atoms with Crippen molar-refractivity contribution in [2.45, 2.75) is 19.0 Å². The lowest BCUT2D eigenvalue weighted by atomic mass is 9.93. The molecule has 4 N–H and O–H groups in total. The van der Waals surface area contributed by atoms with Gasteiger partial charge in [-0.3, -0.25) is 9.98 Å². The van der Waals surface area contributed by atoms with Gasteiger partial charge in [-0.2, -0.15) is 13.2 Å². The van der Waals surface area contributed by atoms with E-state index in [2.05, 4.69) is 42.2 Å². The van der Waals surface area contributed by atoms with Crippen LogP contribution < -0.4 is 15.9 Å². The summed E-state index contributed by atoms with van der Waals surface area (Å²) in [6.07, 6.45) is -1.66. The van der Waals surface area contributed by atoms with Gasteiger partial charge in [0, 0.05) is 35.6 Å². The summed E-state index contributed by atoms with van der Waals surface area (Å²) in [5.74, 6) is -2.46. The number of benzene rings is 2. The van der Waals surface area contributed by atoms with Crippen LogP contribution in [0.15, 0.2) is 25.0 Å². The zero-order chi connectivity index (χ0) is 23.4. The van der Waals surface area contributed by atoms with Gasteiger partial charge in [-0.25, -0.2) is 4.79 Å². The summed E-state index contributed by atoms with van der Waals surface area (Å²) < 4.78 is 33.0. The largest absolute Gasteiger partial charge is 0.506 e. The van der Waals surface area contributed by atoms with E-state index >= 15 is 0 Å². The van der Waals surface area contributed by atoms with Crippen molar-refractivity contribution in [2.24, 2.45) is 9.98 Å². The lowest BCUT2D eigenvalue weighted by molar-refractivity contribution is -0.192. The summed E-state index contributed by atoms with van der Waals surface area (Å²) >= 11 is 6.97. The summed E-state index contributed by atoms with van der Waals surface area (Å²) in [6.45, 7) is 1.37. The van der Waals surface area contributed by atoms with Gasteiger partial charge in [0.25, 0.3) is 0 Å². The van der Waals surface area contributed by atoms with Gasteiger partial charge in [0.2, 0.25) is 0 Å². The molecular weight excluding hydrogens is 563 g/mol. The van der Waals surface area contributed by atoms with Crippen LogP contribution in [0.25, 0.3) is 16.7 Å². The fraction of sp³-hybridized carbons (Fsp3) is 0.250. The highest BCUT2D eigenvalue weighted by molar-refractivity contribution is 9.11. The highest BCUT2D eigenvalue weighted by Crippen LogP contribution is 2.48. The Labute approximate surface area is 195 Å². The quantitative estimate of drug-likeness (QED) is 0.356. The third kappa shape index (κ3) is 3.64. The molecule has 0 aliphatic carbocycles. The van der Waals surface area contributed by atoms with Crippen molar-refractivity contribution >= 4 is 61.0 Å².